The molecule has 3 heterocycles. The van der Waals surface area contributed by atoms with E-state index in [1.54, 1.807) is 6.08 Å². The van der Waals surface area contributed by atoms with Gasteiger partial charge in [-0.05, 0) is 32.1 Å². The van der Waals surface area contributed by atoms with Crippen LogP contribution in [0.15, 0.2) is 24.3 Å². The molecule has 0 saturated carbocycles. The van der Waals surface area contributed by atoms with Gasteiger partial charge in [0.1, 0.15) is 73.2 Å². The molecular formula is C62H115NO18. The van der Waals surface area contributed by atoms with Crippen molar-refractivity contribution in [2.45, 2.75) is 336 Å². The maximum Gasteiger partial charge on any atom is 0.220 e. The van der Waals surface area contributed by atoms with Gasteiger partial charge in [-0.1, -0.05) is 218 Å². The molecule has 1 amide bonds. The van der Waals surface area contributed by atoms with Crippen molar-refractivity contribution < 1.29 is 89.4 Å². The fraction of sp³-hybridized carbons (Fsp3) is 0.919. The average molecular weight is 1160 g/mol. The molecule has 3 aliphatic heterocycles. The zero-order valence-corrected chi connectivity index (χ0v) is 49.8. The van der Waals surface area contributed by atoms with Gasteiger partial charge in [-0.25, -0.2) is 0 Å². The van der Waals surface area contributed by atoms with Crippen LogP contribution in [-0.4, -0.2) is 193 Å². The summed E-state index contributed by atoms with van der Waals surface area (Å²) < 4.78 is 34.1. The first-order chi connectivity index (χ1) is 39.3. The van der Waals surface area contributed by atoms with E-state index in [4.69, 9.17) is 28.4 Å². The van der Waals surface area contributed by atoms with Crippen molar-refractivity contribution in [3.05, 3.63) is 24.3 Å². The van der Waals surface area contributed by atoms with Crippen LogP contribution < -0.4 is 5.32 Å². The maximum atomic E-state index is 13.1. The van der Waals surface area contributed by atoms with Crippen LogP contribution in [0, 0.1) is 0 Å². The summed E-state index contributed by atoms with van der Waals surface area (Å²) in [6.45, 7) is 1.63. The summed E-state index contributed by atoms with van der Waals surface area (Å²) in [6.07, 6.45) is 22.5. The predicted molar refractivity (Wildman–Crippen MR) is 310 cm³/mol. The zero-order chi connectivity index (χ0) is 59.0. The second-order valence-corrected chi connectivity index (χ2v) is 23.2. The number of allylic oxidation sites excluding steroid dienone is 3. The first kappa shape index (κ1) is 73.5. The minimum Gasteiger partial charge on any atom is -0.394 e. The zero-order valence-electron chi connectivity index (χ0n) is 49.8. The number of aliphatic hydroxyl groups excluding tert-OH is 11. The predicted octanol–water partition coefficient (Wildman–Crippen LogP) is 6.71. The molecule has 17 atom stereocenters. The maximum absolute atomic E-state index is 13.1. The van der Waals surface area contributed by atoms with Crippen molar-refractivity contribution in [1.82, 2.24) is 5.32 Å². The molecule has 0 radical (unpaired) electrons. The second-order valence-electron chi connectivity index (χ2n) is 23.2. The Kier molecular flexibility index (Phi) is 41.4. The molecule has 19 nitrogen and oxygen atoms in total. The number of carbonyl (C=O) groups excluding carboxylic acids is 1. The van der Waals surface area contributed by atoms with Gasteiger partial charge in [0.15, 0.2) is 18.9 Å². The smallest absolute Gasteiger partial charge is 0.220 e. The molecule has 0 spiro atoms. The third kappa shape index (κ3) is 29.0. The number of carbonyl (C=O) groups is 1. The quantitative estimate of drug-likeness (QED) is 0.0222. The average Bonchev–Trinajstić information content (AvgIpc) is 3.57. The lowest BCUT2D eigenvalue weighted by Gasteiger charge is -2.48. The van der Waals surface area contributed by atoms with Gasteiger partial charge in [0.05, 0.1) is 38.6 Å². The van der Waals surface area contributed by atoms with E-state index in [2.05, 4.69) is 31.3 Å². The molecule has 12 N–H and O–H groups in total. The summed E-state index contributed by atoms with van der Waals surface area (Å²) in [5.74, 6) is -0.294. The number of amides is 1. The number of hydrogen-bond acceptors (Lipinski definition) is 18. The summed E-state index contributed by atoms with van der Waals surface area (Å²) in [4.78, 5) is 13.1. The van der Waals surface area contributed by atoms with Gasteiger partial charge in [-0.3, -0.25) is 4.79 Å². The summed E-state index contributed by atoms with van der Waals surface area (Å²) in [6, 6.07) is -0.983. The van der Waals surface area contributed by atoms with Crippen molar-refractivity contribution in [3.8, 4) is 0 Å². The fourth-order valence-corrected chi connectivity index (χ4v) is 11.0. The van der Waals surface area contributed by atoms with E-state index in [9.17, 15) is 61.0 Å². The lowest BCUT2D eigenvalue weighted by molar-refractivity contribution is -0.379. The number of ether oxygens (including phenoxy) is 6. The van der Waals surface area contributed by atoms with Gasteiger partial charge in [0.2, 0.25) is 5.91 Å². The highest BCUT2D eigenvalue weighted by atomic mass is 16.8. The number of nitrogens with one attached hydrogen (secondary N) is 1. The Labute approximate surface area is 486 Å². The molecule has 3 aliphatic rings. The summed E-state index contributed by atoms with van der Waals surface area (Å²) in [7, 11) is 0. The largest absolute Gasteiger partial charge is 0.394 e. The Morgan fingerprint density at radius 3 is 1.23 bits per heavy atom. The van der Waals surface area contributed by atoms with Crippen LogP contribution in [0.5, 0.6) is 0 Å². The van der Waals surface area contributed by atoms with Crippen LogP contribution in [0.2, 0.25) is 0 Å². The second kappa shape index (κ2) is 45.6. The van der Waals surface area contributed by atoms with Crippen LogP contribution >= 0.6 is 0 Å². The highest BCUT2D eigenvalue weighted by Gasteiger charge is 2.53. The van der Waals surface area contributed by atoms with E-state index in [0.717, 1.165) is 51.4 Å². The number of rotatable bonds is 48. The first-order valence-corrected chi connectivity index (χ1v) is 32.1. The summed E-state index contributed by atoms with van der Waals surface area (Å²) in [5, 5.41) is 120. The van der Waals surface area contributed by atoms with Gasteiger partial charge in [-0.15, -0.1) is 0 Å². The van der Waals surface area contributed by atoms with E-state index in [-0.39, 0.29) is 18.9 Å². The molecule has 3 rings (SSSR count). The lowest BCUT2D eigenvalue weighted by atomic mass is 9.96. The van der Waals surface area contributed by atoms with Crippen LogP contribution in [0.25, 0.3) is 0 Å². The molecule has 0 aromatic rings. The third-order valence-electron chi connectivity index (χ3n) is 16.3. The molecule has 0 aliphatic carbocycles. The molecule has 81 heavy (non-hydrogen) atoms. The standard InChI is InChI=1S/C62H115NO18/c1-3-5-7-9-11-12-13-14-15-16-17-18-19-20-21-22-23-24-25-26-27-28-29-30-31-32-33-34-35-37-39-46(67)45(63-50(68)40-38-36-10-8-6-4-2)44-76-60-56(74)53(71)58(48(42-65)78-60)81-62-57(75)54(72)59(49(43-66)79-62)80-61-55(73)52(70)51(69)47(41-64)77-61/h32-33,37,39,45-49,51-62,64-67,69-75H,3-31,34-36,38,40-44H2,1-2H3,(H,63,68)/b33-32+,39-37+. The normalized spacial score (nSPS) is 29.9. The van der Waals surface area contributed by atoms with Gasteiger partial charge in [-0.2, -0.15) is 0 Å². The summed E-state index contributed by atoms with van der Waals surface area (Å²) >= 11 is 0. The molecule has 19 heteroatoms. The van der Waals surface area contributed by atoms with Gasteiger partial charge in [0.25, 0.3) is 0 Å². The number of unbranched alkanes of at least 4 members (excludes halogenated alkanes) is 30. The van der Waals surface area contributed by atoms with Crippen molar-refractivity contribution in [2.75, 3.05) is 26.4 Å². The number of aliphatic hydroxyl groups is 11. The van der Waals surface area contributed by atoms with Crippen LogP contribution in [-0.2, 0) is 33.2 Å². The highest BCUT2D eigenvalue weighted by Crippen LogP contribution is 2.33. The van der Waals surface area contributed by atoms with E-state index < -0.39 is 124 Å². The van der Waals surface area contributed by atoms with Crippen molar-refractivity contribution in [1.29, 1.82) is 0 Å². The Hall–Kier alpha value is -1.73. The molecular weight excluding hydrogens is 1050 g/mol. The Morgan fingerprint density at radius 1 is 0.432 bits per heavy atom. The first-order valence-electron chi connectivity index (χ1n) is 32.1. The Morgan fingerprint density at radius 2 is 0.790 bits per heavy atom. The minimum absolute atomic E-state index is 0.234. The third-order valence-corrected chi connectivity index (χ3v) is 16.3. The van der Waals surface area contributed by atoms with E-state index in [1.807, 2.05) is 6.08 Å². The molecule has 0 aromatic carbocycles. The van der Waals surface area contributed by atoms with Crippen molar-refractivity contribution in [3.63, 3.8) is 0 Å². The SMILES string of the molecule is CCCCCCCCCCCCCCCCCCCCCCCCCC/C=C/CC/C=C/C(O)C(COC1OC(CO)C(OC2OC(CO)C(OC3OC(CO)C(O)C(O)C3O)C(O)C2O)C(O)C1O)NC(=O)CCCCCCCC. The highest BCUT2D eigenvalue weighted by molar-refractivity contribution is 5.76. The van der Waals surface area contributed by atoms with E-state index in [1.165, 1.54) is 148 Å². The Balaban J connectivity index is 1.36. The van der Waals surface area contributed by atoms with Crippen molar-refractivity contribution in [2.24, 2.45) is 0 Å². The molecule has 0 bridgehead atoms. The van der Waals surface area contributed by atoms with E-state index in [0.29, 0.717) is 12.8 Å². The summed E-state index contributed by atoms with van der Waals surface area (Å²) in [5.41, 5.74) is 0. The monoisotopic (exact) mass is 1160 g/mol. The Bertz CT molecular complexity index is 1580. The van der Waals surface area contributed by atoms with Crippen LogP contribution in [0.3, 0.4) is 0 Å². The molecule has 476 valence electrons. The van der Waals surface area contributed by atoms with Crippen molar-refractivity contribution >= 4 is 5.91 Å². The van der Waals surface area contributed by atoms with Gasteiger partial charge < -0.3 is 89.9 Å². The topological polar surface area (TPSA) is 307 Å². The molecule has 3 fully saturated rings. The molecule has 3 saturated heterocycles. The number of hydrogen-bond donors (Lipinski definition) is 12. The molecule has 17 unspecified atom stereocenters. The van der Waals surface area contributed by atoms with Crippen LogP contribution in [0.1, 0.15) is 232 Å². The van der Waals surface area contributed by atoms with Crippen LogP contribution in [0.4, 0.5) is 0 Å². The molecule has 0 aromatic heterocycles. The van der Waals surface area contributed by atoms with Gasteiger partial charge in [0, 0.05) is 6.42 Å². The fourth-order valence-electron chi connectivity index (χ4n) is 11.0. The van der Waals surface area contributed by atoms with E-state index >= 15 is 0 Å². The minimum atomic E-state index is -1.98. The van der Waals surface area contributed by atoms with Gasteiger partial charge >= 0.3 is 0 Å². The lowest BCUT2D eigenvalue weighted by Crippen LogP contribution is -2.66.